The molecule has 0 unspecified atom stereocenters. The van der Waals surface area contributed by atoms with Crippen LogP contribution in [0.25, 0.3) is 0 Å². The first-order valence-corrected chi connectivity index (χ1v) is 5.92. The first kappa shape index (κ1) is 14.2. The summed E-state index contributed by atoms with van der Waals surface area (Å²) in [6.45, 7) is 6.50. The fraction of sp³-hybridized carbons (Fsp3) is 0.429. The SMILES string of the molecule is CC(=O)Nc1ccccc1CNCC(C)(C)C#N. The summed E-state index contributed by atoms with van der Waals surface area (Å²) in [7, 11) is 0. The van der Waals surface area contributed by atoms with Gasteiger partial charge >= 0.3 is 0 Å². The van der Waals surface area contributed by atoms with E-state index in [9.17, 15) is 4.79 Å². The summed E-state index contributed by atoms with van der Waals surface area (Å²) in [5.41, 5.74) is 1.44. The average molecular weight is 245 g/mol. The summed E-state index contributed by atoms with van der Waals surface area (Å²) in [6, 6.07) is 9.88. The molecule has 0 aliphatic heterocycles. The Morgan fingerprint density at radius 1 is 1.39 bits per heavy atom. The lowest BCUT2D eigenvalue weighted by Crippen LogP contribution is -2.28. The van der Waals surface area contributed by atoms with Crippen molar-refractivity contribution < 1.29 is 4.79 Å². The van der Waals surface area contributed by atoms with Gasteiger partial charge in [-0.3, -0.25) is 4.79 Å². The third-order valence-corrected chi connectivity index (χ3v) is 2.51. The van der Waals surface area contributed by atoms with Gasteiger partial charge in [0.05, 0.1) is 11.5 Å². The Morgan fingerprint density at radius 3 is 2.67 bits per heavy atom. The number of anilines is 1. The summed E-state index contributed by atoms with van der Waals surface area (Å²) < 4.78 is 0. The minimum absolute atomic E-state index is 0.0835. The van der Waals surface area contributed by atoms with Crippen LogP contribution in [0.3, 0.4) is 0 Å². The molecule has 1 amide bonds. The number of hydrogen-bond acceptors (Lipinski definition) is 3. The van der Waals surface area contributed by atoms with Crippen molar-refractivity contribution in [1.82, 2.24) is 5.32 Å². The predicted octanol–water partition coefficient (Wildman–Crippen LogP) is 2.28. The van der Waals surface area contributed by atoms with Crippen molar-refractivity contribution in [1.29, 1.82) is 5.26 Å². The lowest BCUT2D eigenvalue weighted by molar-refractivity contribution is -0.114. The fourth-order valence-corrected chi connectivity index (χ4v) is 1.54. The van der Waals surface area contributed by atoms with Crippen molar-refractivity contribution in [2.75, 3.05) is 11.9 Å². The van der Waals surface area contributed by atoms with Gasteiger partial charge in [-0.15, -0.1) is 0 Å². The third-order valence-electron chi connectivity index (χ3n) is 2.51. The van der Waals surface area contributed by atoms with Crippen molar-refractivity contribution >= 4 is 11.6 Å². The van der Waals surface area contributed by atoms with Gasteiger partial charge in [-0.05, 0) is 25.5 Å². The van der Waals surface area contributed by atoms with Crippen LogP contribution in [0.1, 0.15) is 26.3 Å². The van der Waals surface area contributed by atoms with E-state index in [4.69, 9.17) is 5.26 Å². The lowest BCUT2D eigenvalue weighted by atomic mass is 9.96. The number of hydrogen-bond donors (Lipinski definition) is 2. The first-order valence-electron chi connectivity index (χ1n) is 5.92. The molecule has 0 fully saturated rings. The zero-order chi connectivity index (χ0) is 13.6. The standard InChI is InChI=1S/C14H19N3O/c1-11(18)17-13-7-5-4-6-12(13)8-16-10-14(2,3)9-15/h4-7,16H,8,10H2,1-3H3,(H,17,18). The highest BCUT2D eigenvalue weighted by Gasteiger charge is 2.15. The van der Waals surface area contributed by atoms with Crippen LogP contribution < -0.4 is 10.6 Å². The molecule has 1 rings (SSSR count). The maximum absolute atomic E-state index is 11.1. The highest BCUT2D eigenvalue weighted by molar-refractivity contribution is 5.89. The Balaban J connectivity index is 2.62. The number of carbonyl (C=O) groups excluding carboxylic acids is 1. The normalized spacial score (nSPS) is 10.8. The second kappa shape index (κ2) is 6.18. The minimum atomic E-state index is -0.386. The first-order chi connectivity index (χ1) is 8.44. The number of benzene rings is 1. The van der Waals surface area contributed by atoms with E-state index in [1.54, 1.807) is 0 Å². The molecule has 2 N–H and O–H groups in total. The van der Waals surface area contributed by atoms with Crippen LogP contribution in [0.15, 0.2) is 24.3 Å². The molecule has 4 heteroatoms. The number of carbonyl (C=O) groups is 1. The maximum atomic E-state index is 11.1. The molecule has 0 aliphatic carbocycles. The van der Waals surface area contributed by atoms with E-state index < -0.39 is 0 Å². The van der Waals surface area contributed by atoms with Gasteiger partial charge in [0, 0.05) is 25.7 Å². The van der Waals surface area contributed by atoms with Crippen LogP contribution >= 0.6 is 0 Å². The van der Waals surface area contributed by atoms with Crippen molar-refractivity contribution in [3.8, 4) is 6.07 Å². The summed E-state index contributed by atoms with van der Waals surface area (Å²) >= 11 is 0. The fourth-order valence-electron chi connectivity index (χ4n) is 1.54. The van der Waals surface area contributed by atoms with E-state index in [1.165, 1.54) is 6.92 Å². The third kappa shape index (κ3) is 4.56. The molecule has 0 heterocycles. The van der Waals surface area contributed by atoms with E-state index in [1.807, 2.05) is 38.1 Å². The molecule has 0 spiro atoms. The molecule has 18 heavy (non-hydrogen) atoms. The van der Waals surface area contributed by atoms with E-state index >= 15 is 0 Å². The number of para-hydroxylation sites is 1. The highest BCUT2D eigenvalue weighted by atomic mass is 16.1. The Labute approximate surface area is 108 Å². The van der Waals surface area contributed by atoms with Crippen LogP contribution in [0.4, 0.5) is 5.69 Å². The van der Waals surface area contributed by atoms with E-state index in [2.05, 4.69) is 16.7 Å². The molecule has 0 aliphatic rings. The van der Waals surface area contributed by atoms with Crippen LogP contribution in [-0.4, -0.2) is 12.5 Å². The van der Waals surface area contributed by atoms with Gasteiger partial charge in [-0.1, -0.05) is 18.2 Å². The Hall–Kier alpha value is -1.86. The summed E-state index contributed by atoms with van der Waals surface area (Å²) in [5, 5.41) is 14.9. The van der Waals surface area contributed by atoms with Crippen LogP contribution in [-0.2, 0) is 11.3 Å². The molecule has 0 atom stereocenters. The summed E-state index contributed by atoms with van der Waals surface area (Å²) in [4.78, 5) is 11.1. The number of nitrogens with one attached hydrogen (secondary N) is 2. The second-order valence-electron chi connectivity index (χ2n) is 4.94. The molecular weight excluding hydrogens is 226 g/mol. The molecule has 0 saturated heterocycles. The number of nitrogens with zero attached hydrogens (tertiary/aromatic N) is 1. The average Bonchev–Trinajstić information content (AvgIpc) is 2.30. The second-order valence-corrected chi connectivity index (χ2v) is 4.94. The van der Waals surface area contributed by atoms with Gasteiger partial charge in [0.2, 0.25) is 5.91 Å². The van der Waals surface area contributed by atoms with Crippen molar-refractivity contribution in [2.24, 2.45) is 5.41 Å². The Bertz CT molecular complexity index is 460. The summed E-state index contributed by atoms with van der Waals surface area (Å²) in [6.07, 6.45) is 0. The van der Waals surface area contributed by atoms with E-state index in [-0.39, 0.29) is 11.3 Å². The molecule has 0 aromatic heterocycles. The van der Waals surface area contributed by atoms with Crippen molar-refractivity contribution in [3.63, 3.8) is 0 Å². The molecule has 4 nitrogen and oxygen atoms in total. The molecule has 0 bridgehead atoms. The van der Waals surface area contributed by atoms with Crippen LogP contribution in [0, 0.1) is 16.7 Å². The van der Waals surface area contributed by atoms with E-state index in [0.29, 0.717) is 13.1 Å². The largest absolute Gasteiger partial charge is 0.326 e. The van der Waals surface area contributed by atoms with E-state index in [0.717, 1.165) is 11.3 Å². The molecule has 96 valence electrons. The molecule has 1 aromatic carbocycles. The zero-order valence-corrected chi connectivity index (χ0v) is 11.1. The topological polar surface area (TPSA) is 64.9 Å². The van der Waals surface area contributed by atoms with Gasteiger partial charge < -0.3 is 10.6 Å². The quantitative estimate of drug-likeness (QED) is 0.836. The van der Waals surface area contributed by atoms with Crippen molar-refractivity contribution in [2.45, 2.75) is 27.3 Å². The van der Waals surface area contributed by atoms with Crippen LogP contribution in [0.5, 0.6) is 0 Å². The highest BCUT2D eigenvalue weighted by Crippen LogP contribution is 2.16. The Morgan fingerprint density at radius 2 is 2.06 bits per heavy atom. The van der Waals surface area contributed by atoms with Gasteiger partial charge in [0.25, 0.3) is 0 Å². The molecule has 0 saturated carbocycles. The minimum Gasteiger partial charge on any atom is -0.326 e. The maximum Gasteiger partial charge on any atom is 0.221 e. The van der Waals surface area contributed by atoms with Gasteiger partial charge in [-0.2, -0.15) is 5.26 Å². The Kier molecular flexibility index (Phi) is 4.87. The number of nitriles is 1. The number of rotatable bonds is 5. The van der Waals surface area contributed by atoms with Crippen LogP contribution in [0.2, 0.25) is 0 Å². The van der Waals surface area contributed by atoms with Crippen molar-refractivity contribution in [3.05, 3.63) is 29.8 Å². The van der Waals surface area contributed by atoms with Gasteiger partial charge in [-0.25, -0.2) is 0 Å². The van der Waals surface area contributed by atoms with Gasteiger partial charge in [0.15, 0.2) is 0 Å². The lowest BCUT2D eigenvalue weighted by Gasteiger charge is -2.17. The molecular formula is C14H19N3O. The van der Waals surface area contributed by atoms with Gasteiger partial charge in [0.1, 0.15) is 0 Å². The number of amides is 1. The monoisotopic (exact) mass is 245 g/mol. The smallest absolute Gasteiger partial charge is 0.221 e. The molecule has 0 radical (unpaired) electrons. The molecule has 1 aromatic rings. The summed E-state index contributed by atoms with van der Waals surface area (Å²) in [5.74, 6) is -0.0835. The zero-order valence-electron chi connectivity index (χ0n) is 11.1. The predicted molar refractivity (Wildman–Crippen MR) is 71.8 cm³/mol.